The lowest BCUT2D eigenvalue weighted by atomic mass is 9.97. The van der Waals surface area contributed by atoms with E-state index in [0.29, 0.717) is 12.2 Å². The minimum Gasteiger partial charge on any atom is -0.324 e. The van der Waals surface area contributed by atoms with Crippen LogP contribution in [0.1, 0.15) is 45.6 Å². The molecule has 1 aromatic heterocycles. The summed E-state index contributed by atoms with van der Waals surface area (Å²) in [5.74, 6) is -0.286. The van der Waals surface area contributed by atoms with Gasteiger partial charge in [0.1, 0.15) is 6.04 Å². The second kappa shape index (κ2) is 12.0. The number of tetrazole rings is 1. The Morgan fingerprint density at radius 2 is 1.76 bits per heavy atom. The van der Waals surface area contributed by atoms with Crippen LogP contribution in [-0.4, -0.2) is 50.6 Å². The number of aromatic amines is 1. The van der Waals surface area contributed by atoms with E-state index in [4.69, 9.17) is 4.89 Å². The fourth-order valence-electron chi connectivity index (χ4n) is 3.90. The SMILES string of the molecule is CCCCC(=O)N(Cc1ccc(-c2ccccc2-c2nn[nH]n2)cc1)[C@H](C(=O)OOC)C(C)C. The maximum atomic E-state index is 13.1. The van der Waals surface area contributed by atoms with E-state index in [9.17, 15) is 9.59 Å². The molecule has 0 aliphatic heterocycles. The van der Waals surface area contributed by atoms with Crippen LogP contribution < -0.4 is 0 Å². The van der Waals surface area contributed by atoms with Crippen LogP contribution in [0.15, 0.2) is 48.5 Å². The highest BCUT2D eigenvalue weighted by Crippen LogP contribution is 2.30. The van der Waals surface area contributed by atoms with Crippen molar-refractivity contribution in [3.05, 3.63) is 54.1 Å². The highest BCUT2D eigenvalue weighted by molar-refractivity contribution is 5.85. The van der Waals surface area contributed by atoms with E-state index in [1.54, 1.807) is 4.90 Å². The fraction of sp³-hybridized carbons (Fsp3) is 0.400. The number of unbranched alkanes of at least 4 members (excludes halogenated alkanes) is 1. The Kier molecular flexibility index (Phi) is 8.86. The summed E-state index contributed by atoms with van der Waals surface area (Å²) in [5.41, 5.74) is 3.71. The summed E-state index contributed by atoms with van der Waals surface area (Å²) in [6, 6.07) is 15.0. The number of benzene rings is 2. The van der Waals surface area contributed by atoms with Crippen molar-refractivity contribution in [2.24, 2.45) is 5.92 Å². The minimum atomic E-state index is -0.747. The molecule has 1 amide bonds. The molecule has 1 atom stereocenters. The van der Waals surface area contributed by atoms with Crippen LogP contribution in [0, 0.1) is 5.92 Å². The van der Waals surface area contributed by atoms with Crippen molar-refractivity contribution in [3.63, 3.8) is 0 Å². The zero-order chi connectivity index (χ0) is 24.5. The summed E-state index contributed by atoms with van der Waals surface area (Å²) in [4.78, 5) is 36.7. The molecule has 0 aliphatic carbocycles. The summed E-state index contributed by atoms with van der Waals surface area (Å²) < 4.78 is 0. The van der Waals surface area contributed by atoms with Crippen molar-refractivity contribution in [2.75, 3.05) is 7.11 Å². The standard InChI is InChI=1S/C25H31N5O4/c1-5-6-11-22(31)30(23(17(2)3)25(32)34-33-4)16-18-12-14-19(15-13-18)20-9-7-8-10-21(20)24-26-28-29-27-24/h7-10,12-15,17,23H,5-6,11,16H2,1-4H3,(H,26,27,28,29)/t23-/m0/s1. The number of hydrogen-bond acceptors (Lipinski definition) is 7. The third-order valence-electron chi connectivity index (χ3n) is 5.57. The zero-order valence-corrected chi connectivity index (χ0v) is 20.0. The van der Waals surface area contributed by atoms with Gasteiger partial charge in [0, 0.05) is 18.5 Å². The van der Waals surface area contributed by atoms with Gasteiger partial charge in [-0.05, 0) is 34.2 Å². The number of nitrogens with one attached hydrogen (secondary N) is 1. The number of aromatic nitrogens is 4. The van der Waals surface area contributed by atoms with Crippen LogP contribution in [0.5, 0.6) is 0 Å². The van der Waals surface area contributed by atoms with Crippen LogP contribution in [-0.2, 0) is 25.9 Å². The molecular formula is C25H31N5O4. The van der Waals surface area contributed by atoms with Crippen LogP contribution in [0.3, 0.4) is 0 Å². The largest absolute Gasteiger partial charge is 0.364 e. The van der Waals surface area contributed by atoms with Gasteiger partial charge in [-0.2, -0.15) is 10.1 Å². The van der Waals surface area contributed by atoms with Gasteiger partial charge in [0.05, 0.1) is 7.11 Å². The van der Waals surface area contributed by atoms with Crippen molar-refractivity contribution in [2.45, 2.75) is 52.6 Å². The van der Waals surface area contributed by atoms with E-state index in [0.717, 1.165) is 35.1 Å². The Balaban J connectivity index is 1.88. The molecule has 0 fully saturated rings. The van der Waals surface area contributed by atoms with E-state index in [-0.39, 0.29) is 18.4 Å². The Hall–Kier alpha value is -3.59. The van der Waals surface area contributed by atoms with E-state index >= 15 is 0 Å². The lowest BCUT2D eigenvalue weighted by Crippen LogP contribution is -2.48. The molecule has 2 aromatic carbocycles. The molecule has 0 saturated heterocycles. The number of rotatable bonds is 11. The summed E-state index contributed by atoms with van der Waals surface area (Å²) in [6.07, 6.45) is 2.02. The van der Waals surface area contributed by atoms with Gasteiger partial charge in [-0.3, -0.25) is 9.68 Å². The number of carbonyl (C=O) groups excluding carboxylic acids is 2. The van der Waals surface area contributed by atoms with Crippen molar-refractivity contribution >= 4 is 11.9 Å². The number of amides is 1. The lowest BCUT2D eigenvalue weighted by molar-refractivity contribution is -0.260. The molecule has 0 bridgehead atoms. The average Bonchev–Trinajstić information content (AvgIpc) is 3.37. The van der Waals surface area contributed by atoms with Crippen molar-refractivity contribution in [1.29, 1.82) is 0 Å². The zero-order valence-electron chi connectivity index (χ0n) is 20.0. The first-order valence-electron chi connectivity index (χ1n) is 11.4. The third kappa shape index (κ3) is 6.05. The van der Waals surface area contributed by atoms with Gasteiger partial charge in [0.25, 0.3) is 0 Å². The van der Waals surface area contributed by atoms with E-state index in [1.807, 2.05) is 69.3 Å². The fourth-order valence-corrected chi connectivity index (χ4v) is 3.90. The molecular weight excluding hydrogens is 434 g/mol. The predicted octanol–water partition coefficient (Wildman–Crippen LogP) is 4.18. The minimum absolute atomic E-state index is 0.0832. The van der Waals surface area contributed by atoms with Crippen molar-refractivity contribution in [3.8, 4) is 22.5 Å². The Labute approximate surface area is 199 Å². The highest BCUT2D eigenvalue weighted by atomic mass is 17.2. The molecule has 0 spiro atoms. The first-order valence-corrected chi connectivity index (χ1v) is 11.4. The smallest absolute Gasteiger partial charge is 0.324 e. The van der Waals surface area contributed by atoms with Crippen LogP contribution in [0.4, 0.5) is 0 Å². The molecule has 9 nitrogen and oxygen atoms in total. The number of hydrogen-bond donors (Lipinski definition) is 1. The van der Waals surface area contributed by atoms with Gasteiger partial charge in [0.2, 0.25) is 11.7 Å². The summed E-state index contributed by atoms with van der Waals surface area (Å²) in [6.45, 7) is 6.10. The molecule has 34 heavy (non-hydrogen) atoms. The maximum Gasteiger partial charge on any atom is 0.364 e. The van der Waals surface area contributed by atoms with Crippen molar-refractivity contribution in [1.82, 2.24) is 25.5 Å². The van der Waals surface area contributed by atoms with Gasteiger partial charge in [0.15, 0.2) is 0 Å². The lowest BCUT2D eigenvalue weighted by Gasteiger charge is -2.32. The number of H-pyrrole nitrogens is 1. The number of carbonyl (C=O) groups is 2. The Bertz CT molecular complexity index is 1070. The molecule has 0 radical (unpaired) electrons. The molecule has 0 aliphatic rings. The Morgan fingerprint density at radius 1 is 1.06 bits per heavy atom. The summed E-state index contributed by atoms with van der Waals surface area (Å²) >= 11 is 0. The van der Waals surface area contributed by atoms with E-state index in [2.05, 4.69) is 25.5 Å². The van der Waals surface area contributed by atoms with Crippen LogP contribution in [0.2, 0.25) is 0 Å². The summed E-state index contributed by atoms with van der Waals surface area (Å²) in [7, 11) is 1.28. The maximum absolute atomic E-state index is 13.1. The average molecular weight is 466 g/mol. The van der Waals surface area contributed by atoms with Gasteiger partial charge in [-0.25, -0.2) is 4.79 Å². The molecule has 3 aromatic rings. The van der Waals surface area contributed by atoms with Crippen LogP contribution in [0.25, 0.3) is 22.5 Å². The highest BCUT2D eigenvalue weighted by Gasteiger charge is 2.34. The molecule has 1 heterocycles. The first kappa shape index (κ1) is 25.0. The molecule has 180 valence electrons. The quantitative estimate of drug-likeness (QED) is 0.334. The Morgan fingerprint density at radius 3 is 2.35 bits per heavy atom. The topological polar surface area (TPSA) is 110 Å². The van der Waals surface area contributed by atoms with Gasteiger partial charge in [-0.15, -0.1) is 10.2 Å². The second-order valence-corrected chi connectivity index (χ2v) is 8.36. The van der Waals surface area contributed by atoms with Gasteiger partial charge < -0.3 is 4.90 Å². The van der Waals surface area contributed by atoms with Crippen LogP contribution >= 0.6 is 0 Å². The normalized spacial score (nSPS) is 11.9. The third-order valence-corrected chi connectivity index (χ3v) is 5.57. The first-order chi connectivity index (χ1) is 16.5. The molecule has 9 heteroatoms. The van der Waals surface area contributed by atoms with Gasteiger partial charge in [-0.1, -0.05) is 75.7 Å². The molecule has 3 rings (SSSR count). The van der Waals surface area contributed by atoms with Gasteiger partial charge >= 0.3 is 5.97 Å². The monoisotopic (exact) mass is 465 g/mol. The van der Waals surface area contributed by atoms with E-state index < -0.39 is 12.0 Å². The molecule has 0 saturated carbocycles. The second-order valence-electron chi connectivity index (χ2n) is 8.36. The van der Waals surface area contributed by atoms with Crippen molar-refractivity contribution < 1.29 is 19.4 Å². The predicted molar refractivity (Wildman–Crippen MR) is 127 cm³/mol. The summed E-state index contributed by atoms with van der Waals surface area (Å²) in [5, 5.41) is 14.3. The molecule has 1 N–H and O–H groups in total. The molecule has 0 unspecified atom stereocenters. The number of nitrogens with zero attached hydrogens (tertiary/aromatic N) is 4. The van der Waals surface area contributed by atoms with E-state index in [1.165, 1.54) is 7.11 Å².